The van der Waals surface area contributed by atoms with E-state index in [2.05, 4.69) is 16.7 Å². The molecule has 2 fully saturated rings. The second kappa shape index (κ2) is 10.1. The maximum absolute atomic E-state index is 14.3. The molecule has 35 heavy (non-hydrogen) atoms. The van der Waals surface area contributed by atoms with Gasteiger partial charge in [-0.1, -0.05) is 24.6 Å². The van der Waals surface area contributed by atoms with Crippen molar-refractivity contribution in [2.75, 3.05) is 50.7 Å². The second-order valence-corrected chi connectivity index (χ2v) is 10.7. The summed E-state index contributed by atoms with van der Waals surface area (Å²) in [5.41, 5.74) is 3.24. The standard InChI is InChI=1S/C26H35ClFN5O2/c1-17-3-6-23-24(17)25(30(2)29-23)32-11-13-33(14-12-32)26(35)20(16-31-9-7-19(34)8-10-31)18-4-5-21(27)22(28)15-18/h4-5,15,17,19-20,34H,3,6-14,16H2,1-2H3/t17-,20+/m1/s1. The van der Waals surface area contributed by atoms with Gasteiger partial charge >= 0.3 is 0 Å². The quantitative estimate of drug-likeness (QED) is 0.679. The Labute approximate surface area is 211 Å². The third kappa shape index (κ3) is 4.93. The maximum Gasteiger partial charge on any atom is 0.231 e. The highest BCUT2D eigenvalue weighted by Gasteiger charge is 2.34. The smallest absolute Gasteiger partial charge is 0.231 e. The number of aliphatic hydroxyl groups is 1. The molecule has 0 saturated carbocycles. The highest BCUT2D eigenvalue weighted by molar-refractivity contribution is 6.30. The fourth-order valence-electron chi connectivity index (χ4n) is 5.92. The fourth-order valence-corrected chi connectivity index (χ4v) is 6.04. The van der Waals surface area contributed by atoms with E-state index in [1.165, 1.54) is 29.2 Å². The van der Waals surface area contributed by atoms with Crippen LogP contribution in [-0.2, 0) is 18.3 Å². The number of hydrogen-bond acceptors (Lipinski definition) is 5. The molecule has 1 aromatic heterocycles. The lowest BCUT2D eigenvalue weighted by molar-refractivity contribution is -0.133. The van der Waals surface area contributed by atoms with Crippen LogP contribution in [0, 0.1) is 5.82 Å². The van der Waals surface area contributed by atoms with Crippen molar-refractivity contribution in [3.63, 3.8) is 0 Å². The van der Waals surface area contributed by atoms with Crippen LogP contribution in [0.1, 0.15) is 54.8 Å². The van der Waals surface area contributed by atoms with Gasteiger partial charge in [0.25, 0.3) is 0 Å². The zero-order valence-corrected chi connectivity index (χ0v) is 21.3. The number of piperidine rings is 1. The normalized spacial score (nSPS) is 22.5. The van der Waals surface area contributed by atoms with Crippen molar-refractivity contribution < 1.29 is 14.3 Å². The molecule has 1 aromatic carbocycles. The Morgan fingerprint density at radius 2 is 1.89 bits per heavy atom. The number of piperazine rings is 1. The number of fused-ring (bicyclic) bond motifs is 1. The SMILES string of the molecule is C[C@@H]1CCc2nn(C)c(N3CCN(C(=O)[C@@H](CN4CCC(O)CC4)c4ccc(Cl)c(F)c4)CC3)c21. The highest BCUT2D eigenvalue weighted by Crippen LogP contribution is 2.39. The molecule has 1 aliphatic carbocycles. The molecule has 5 rings (SSSR count). The summed E-state index contributed by atoms with van der Waals surface area (Å²) in [7, 11) is 2.01. The third-order valence-electron chi connectivity index (χ3n) is 7.97. The van der Waals surface area contributed by atoms with Crippen molar-refractivity contribution in [3.8, 4) is 0 Å². The zero-order valence-electron chi connectivity index (χ0n) is 20.6. The zero-order chi connectivity index (χ0) is 24.7. The number of aryl methyl sites for hydroxylation is 2. The summed E-state index contributed by atoms with van der Waals surface area (Å²) in [6.45, 7) is 7.00. The summed E-state index contributed by atoms with van der Waals surface area (Å²) in [5, 5.41) is 14.7. The van der Waals surface area contributed by atoms with Gasteiger partial charge in [0.1, 0.15) is 11.6 Å². The number of halogens is 2. The summed E-state index contributed by atoms with van der Waals surface area (Å²) in [5.74, 6) is 0.770. The van der Waals surface area contributed by atoms with Crippen molar-refractivity contribution in [3.05, 3.63) is 45.9 Å². The van der Waals surface area contributed by atoms with E-state index in [0.717, 1.165) is 39.0 Å². The van der Waals surface area contributed by atoms with Gasteiger partial charge in [-0.15, -0.1) is 0 Å². The summed E-state index contributed by atoms with van der Waals surface area (Å²) in [4.78, 5) is 20.3. The number of hydrogen-bond donors (Lipinski definition) is 1. The molecule has 2 saturated heterocycles. The number of benzene rings is 1. The number of carbonyl (C=O) groups is 1. The highest BCUT2D eigenvalue weighted by atomic mass is 35.5. The third-order valence-corrected chi connectivity index (χ3v) is 8.28. The molecule has 3 heterocycles. The topological polar surface area (TPSA) is 64.8 Å². The summed E-state index contributed by atoms with van der Waals surface area (Å²) >= 11 is 5.93. The van der Waals surface area contributed by atoms with Crippen molar-refractivity contribution >= 4 is 23.3 Å². The first-order valence-electron chi connectivity index (χ1n) is 12.8. The van der Waals surface area contributed by atoms with Gasteiger partial charge in [-0.05, 0) is 49.3 Å². The minimum Gasteiger partial charge on any atom is -0.393 e. The van der Waals surface area contributed by atoms with Crippen LogP contribution >= 0.6 is 11.6 Å². The summed E-state index contributed by atoms with van der Waals surface area (Å²) in [6.07, 6.45) is 3.30. The van der Waals surface area contributed by atoms with Crippen LogP contribution in [0.25, 0.3) is 0 Å². The Bertz CT molecular complexity index is 1080. The lowest BCUT2D eigenvalue weighted by Gasteiger charge is -2.39. The van der Waals surface area contributed by atoms with Gasteiger partial charge in [-0.3, -0.25) is 9.48 Å². The van der Waals surface area contributed by atoms with Crippen LogP contribution in [0.4, 0.5) is 10.2 Å². The van der Waals surface area contributed by atoms with Gasteiger partial charge in [0.15, 0.2) is 0 Å². The van der Waals surface area contributed by atoms with Gasteiger partial charge in [0.2, 0.25) is 5.91 Å². The Hall–Kier alpha value is -2.16. The molecule has 1 amide bonds. The predicted molar refractivity (Wildman–Crippen MR) is 135 cm³/mol. The number of aromatic nitrogens is 2. The largest absolute Gasteiger partial charge is 0.393 e. The Kier molecular flexibility index (Phi) is 7.06. The van der Waals surface area contributed by atoms with Gasteiger partial charge in [-0.2, -0.15) is 5.10 Å². The molecule has 0 bridgehead atoms. The average Bonchev–Trinajstić information content (AvgIpc) is 3.37. The number of anilines is 1. The van der Waals surface area contributed by atoms with Crippen LogP contribution in [0.2, 0.25) is 5.02 Å². The molecule has 2 aliphatic heterocycles. The van der Waals surface area contributed by atoms with E-state index in [0.29, 0.717) is 44.0 Å². The van der Waals surface area contributed by atoms with Crippen LogP contribution in [-0.4, -0.2) is 82.5 Å². The molecular weight excluding hydrogens is 469 g/mol. The van der Waals surface area contributed by atoms with Crippen molar-refractivity contribution in [2.24, 2.45) is 7.05 Å². The minimum atomic E-state index is -0.500. The van der Waals surface area contributed by atoms with E-state index in [9.17, 15) is 14.3 Å². The molecule has 2 atom stereocenters. The minimum absolute atomic E-state index is 0.0288. The molecule has 9 heteroatoms. The molecule has 190 valence electrons. The van der Waals surface area contributed by atoms with Crippen molar-refractivity contribution in [2.45, 2.75) is 50.5 Å². The van der Waals surface area contributed by atoms with Gasteiger partial charge in [-0.25, -0.2) is 4.39 Å². The first kappa shape index (κ1) is 24.5. The number of amides is 1. The second-order valence-electron chi connectivity index (χ2n) is 10.3. The molecule has 0 radical (unpaired) electrons. The van der Waals surface area contributed by atoms with Gasteiger partial charge in [0, 0.05) is 58.4 Å². The number of carbonyl (C=O) groups excluding carboxylic acids is 1. The summed E-state index contributed by atoms with van der Waals surface area (Å²) in [6, 6.07) is 4.71. The summed E-state index contributed by atoms with van der Waals surface area (Å²) < 4.78 is 16.3. The lowest BCUT2D eigenvalue weighted by atomic mass is 9.95. The predicted octanol–water partition coefficient (Wildman–Crippen LogP) is 3.15. The van der Waals surface area contributed by atoms with E-state index < -0.39 is 11.7 Å². The molecule has 3 aliphatic rings. The Balaban J connectivity index is 1.31. The van der Waals surface area contributed by atoms with E-state index in [-0.39, 0.29) is 17.0 Å². The first-order valence-corrected chi connectivity index (χ1v) is 13.1. The number of nitrogens with zero attached hydrogens (tertiary/aromatic N) is 5. The van der Waals surface area contributed by atoms with Crippen molar-refractivity contribution in [1.82, 2.24) is 19.6 Å². The number of rotatable bonds is 5. The monoisotopic (exact) mass is 503 g/mol. The molecule has 0 unspecified atom stereocenters. The Morgan fingerprint density at radius 3 is 2.57 bits per heavy atom. The average molecular weight is 504 g/mol. The van der Waals surface area contributed by atoms with Crippen LogP contribution in [0.3, 0.4) is 0 Å². The van der Waals surface area contributed by atoms with Gasteiger partial charge in [0.05, 0.1) is 22.7 Å². The molecule has 2 aromatic rings. The van der Waals surface area contributed by atoms with Crippen molar-refractivity contribution in [1.29, 1.82) is 0 Å². The number of likely N-dealkylation sites (tertiary alicyclic amines) is 1. The van der Waals surface area contributed by atoms with Crippen LogP contribution in [0.5, 0.6) is 0 Å². The van der Waals surface area contributed by atoms with E-state index >= 15 is 0 Å². The van der Waals surface area contributed by atoms with Crippen LogP contribution < -0.4 is 4.90 Å². The Morgan fingerprint density at radius 1 is 1.17 bits per heavy atom. The number of aliphatic hydroxyl groups excluding tert-OH is 1. The molecule has 7 nitrogen and oxygen atoms in total. The fraction of sp³-hybridized carbons (Fsp3) is 0.615. The van der Waals surface area contributed by atoms with Crippen LogP contribution in [0.15, 0.2) is 18.2 Å². The maximum atomic E-state index is 14.3. The first-order chi connectivity index (χ1) is 16.8. The molecule has 1 N–H and O–H groups in total. The van der Waals surface area contributed by atoms with E-state index in [1.807, 2.05) is 16.6 Å². The molecular formula is C26H35ClFN5O2. The molecule has 0 spiro atoms. The van der Waals surface area contributed by atoms with Gasteiger partial charge < -0.3 is 19.8 Å². The van der Waals surface area contributed by atoms with E-state index in [1.54, 1.807) is 6.07 Å². The lowest BCUT2D eigenvalue weighted by Crippen LogP contribution is -2.52. The van der Waals surface area contributed by atoms with E-state index in [4.69, 9.17) is 16.7 Å².